The fourth-order valence-corrected chi connectivity index (χ4v) is 3.69. The molecule has 150 valence electrons. The van der Waals surface area contributed by atoms with Crippen molar-refractivity contribution in [2.45, 2.75) is 6.04 Å². The van der Waals surface area contributed by atoms with Gasteiger partial charge in [-0.15, -0.1) is 0 Å². The Bertz CT molecular complexity index is 1140. The Morgan fingerprint density at radius 1 is 1.14 bits per heavy atom. The van der Waals surface area contributed by atoms with Crippen LogP contribution < -0.4 is 15.1 Å². The van der Waals surface area contributed by atoms with Crippen molar-refractivity contribution in [2.24, 2.45) is 0 Å². The quantitative estimate of drug-likeness (QED) is 0.711. The van der Waals surface area contributed by atoms with Gasteiger partial charge in [0.1, 0.15) is 17.1 Å². The van der Waals surface area contributed by atoms with Crippen molar-refractivity contribution in [1.29, 1.82) is 0 Å². The van der Waals surface area contributed by atoms with Crippen LogP contribution in [0.25, 0.3) is 11.0 Å². The van der Waals surface area contributed by atoms with E-state index in [2.05, 4.69) is 0 Å². The number of ether oxygens (including phenoxy) is 1. The molecule has 1 amide bonds. The number of halogens is 1. The maximum atomic E-state index is 13.5. The van der Waals surface area contributed by atoms with Crippen LogP contribution in [-0.2, 0) is 0 Å². The molecule has 29 heavy (non-hydrogen) atoms. The normalized spacial score (nSPS) is 16.0. The Hall–Kier alpha value is -3.19. The van der Waals surface area contributed by atoms with Crippen molar-refractivity contribution in [1.82, 2.24) is 4.90 Å². The van der Waals surface area contributed by atoms with E-state index < -0.39 is 6.04 Å². The number of benzene rings is 2. The van der Waals surface area contributed by atoms with Crippen molar-refractivity contribution in [3.63, 3.8) is 0 Å². The molecule has 0 unspecified atom stereocenters. The Morgan fingerprint density at radius 2 is 1.86 bits per heavy atom. The maximum absolute atomic E-state index is 13.5. The Kier molecular flexibility index (Phi) is 4.84. The number of rotatable bonds is 5. The van der Waals surface area contributed by atoms with Gasteiger partial charge in [-0.1, -0.05) is 12.1 Å². The van der Waals surface area contributed by atoms with Gasteiger partial charge in [0, 0.05) is 6.07 Å². The van der Waals surface area contributed by atoms with E-state index in [-0.39, 0.29) is 22.9 Å². The van der Waals surface area contributed by atoms with E-state index in [0.29, 0.717) is 40.9 Å². The molecule has 0 aliphatic carbocycles. The van der Waals surface area contributed by atoms with E-state index in [4.69, 9.17) is 9.15 Å². The third-order valence-electron chi connectivity index (χ3n) is 5.21. The molecule has 2 aromatic carbocycles. The Morgan fingerprint density at radius 3 is 2.52 bits per heavy atom. The van der Waals surface area contributed by atoms with Crippen LogP contribution in [0.2, 0.25) is 0 Å². The molecule has 0 spiro atoms. The molecule has 1 aliphatic heterocycles. The number of hydrogen-bond acceptors (Lipinski definition) is 4. The highest BCUT2D eigenvalue weighted by atomic mass is 19.1. The summed E-state index contributed by atoms with van der Waals surface area (Å²) in [4.78, 5) is 29.3. The van der Waals surface area contributed by atoms with Gasteiger partial charge in [-0.3, -0.25) is 9.59 Å². The zero-order valence-electron chi connectivity index (χ0n) is 16.5. The summed E-state index contributed by atoms with van der Waals surface area (Å²) in [7, 11) is 5.50. The number of fused-ring (bicyclic) bond motifs is 2. The van der Waals surface area contributed by atoms with Gasteiger partial charge in [-0.2, -0.15) is 0 Å². The number of amides is 1. The number of hydrogen-bond donors (Lipinski definition) is 1. The summed E-state index contributed by atoms with van der Waals surface area (Å²) in [6.45, 7) is 1.13. The van der Waals surface area contributed by atoms with Crippen LogP contribution in [0.5, 0.6) is 5.75 Å². The predicted octanol–water partition coefficient (Wildman–Crippen LogP) is 1.63. The number of nitrogens with zero attached hydrogens (tertiary/aromatic N) is 1. The standard InChI is InChI=1S/C22H21FN2O4/c1-24(2)10-11-25-19(13-4-6-14(23)7-5-13)18-20(26)16-9-8-15(28-3)12-17(16)29-21(18)22(25)27/h4-9,12,19H,10-11H2,1-3H3/p+1/t19-/m0/s1. The van der Waals surface area contributed by atoms with Gasteiger partial charge in [0.2, 0.25) is 5.76 Å². The maximum Gasteiger partial charge on any atom is 0.291 e. The molecule has 0 bridgehead atoms. The molecule has 1 atom stereocenters. The SMILES string of the molecule is COc1ccc2c(=O)c3c(oc2c1)C(=O)N(CC[NH+](C)C)[C@H]3c1ccc(F)cc1. The van der Waals surface area contributed by atoms with Gasteiger partial charge in [-0.05, 0) is 29.8 Å². The summed E-state index contributed by atoms with van der Waals surface area (Å²) in [6.07, 6.45) is 0. The smallest absolute Gasteiger partial charge is 0.291 e. The highest BCUT2D eigenvalue weighted by Gasteiger charge is 2.42. The van der Waals surface area contributed by atoms with E-state index in [9.17, 15) is 14.0 Å². The summed E-state index contributed by atoms with van der Waals surface area (Å²) in [5, 5.41) is 0.379. The average Bonchev–Trinajstić information content (AvgIpc) is 2.99. The van der Waals surface area contributed by atoms with Crippen LogP contribution in [0.4, 0.5) is 4.39 Å². The lowest BCUT2D eigenvalue weighted by molar-refractivity contribution is -0.857. The van der Waals surface area contributed by atoms with E-state index in [1.165, 1.54) is 24.1 Å². The first-order valence-electron chi connectivity index (χ1n) is 9.41. The number of likely N-dealkylation sites (N-methyl/N-ethyl adjacent to an activating group) is 1. The first-order valence-corrected chi connectivity index (χ1v) is 9.41. The van der Waals surface area contributed by atoms with Crippen LogP contribution in [0.1, 0.15) is 27.7 Å². The largest absolute Gasteiger partial charge is 0.497 e. The highest BCUT2D eigenvalue weighted by Crippen LogP contribution is 2.38. The minimum Gasteiger partial charge on any atom is -0.497 e. The van der Waals surface area contributed by atoms with Crippen molar-refractivity contribution in [3.05, 3.63) is 75.4 Å². The van der Waals surface area contributed by atoms with Crippen molar-refractivity contribution >= 4 is 16.9 Å². The number of methoxy groups -OCH3 is 1. The van der Waals surface area contributed by atoms with E-state index in [1.54, 1.807) is 35.2 Å². The molecule has 0 saturated carbocycles. The van der Waals surface area contributed by atoms with Crippen LogP contribution in [0, 0.1) is 5.82 Å². The second-order valence-electron chi connectivity index (χ2n) is 7.45. The summed E-state index contributed by atoms with van der Waals surface area (Å²) in [6, 6.07) is 10.2. The molecule has 2 heterocycles. The van der Waals surface area contributed by atoms with E-state index >= 15 is 0 Å². The fourth-order valence-electron chi connectivity index (χ4n) is 3.69. The summed E-state index contributed by atoms with van der Waals surface area (Å²) in [5.41, 5.74) is 1.02. The van der Waals surface area contributed by atoms with Crippen molar-refractivity contribution < 1.29 is 23.2 Å². The minimum absolute atomic E-state index is 0.0406. The molecule has 0 radical (unpaired) electrons. The molecule has 1 N–H and O–H groups in total. The van der Waals surface area contributed by atoms with Crippen molar-refractivity contribution in [3.8, 4) is 5.75 Å². The van der Waals surface area contributed by atoms with Gasteiger partial charge in [0.15, 0.2) is 5.43 Å². The number of carbonyl (C=O) groups is 1. The molecular formula is C22H22FN2O4+. The second kappa shape index (κ2) is 7.33. The van der Waals surface area contributed by atoms with Gasteiger partial charge in [0.05, 0.1) is 51.3 Å². The third kappa shape index (κ3) is 3.27. The van der Waals surface area contributed by atoms with Crippen LogP contribution in [0.15, 0.2) is 51.7 Å². The van der Waals surface area contributed by atoms with Crippen LogP contribution in [-0.4, -0.2) is 45.1 Å². The number of quaternary nitrogens is 1. The van der Waals surface area contributed by atoms with E-state index in [1.807, 2.05) is 14.1 Å². The number of nitrogens with one attached hydrogen (secondary N) is 1. The fraction of sp³-hybridized carbons (Fsp3) is 0.273. The second-order valence-corrected chi connectivity index (χ2v) is 7.45. The summed E-state index contributed by atoms with van der Waals surface area (Å²) in [5.74, 6) is -0.134. The lowest BCUT2D eigenvalue weighted by atomic mass is 9.98. The van der Waals surface area contributed by atoms with Crippen molar-refractivity contribution in [2.75, 3.05) is 34.3 Å². The first-order chi connectivity index (χ1) is 13.9. The molecule has 0 fully saturated rings. The zero-order valence-corrected chi connectivity index (χ0v) is 16.5. The van der Waals surface area contributed by atoms with Gasteiger partial charge < -0.3 is 19.0 Å². The van der Waals surface area contributed by atoms with Gasteiger partial charge in [0.25, 0.3) is 5.91 Å². The Labute approximate surface area is 167 Å². The highest BCUT2D eigenvalue weighted by molar-refractivity contribution is 5.99. The lowest BCUT2D eigenvalue weighted by Crippen LogP contribution is -3.06. The summed E-state index contributed by atoms with van der Waals surface area (Å²) < 4.78 is 24.6. The topological polar surface area (TPSA) is 64.2 Å². The predicted molar refractivity (Wildman–Crippen MR) is 106 cm³/mol. The third-order valence-corrected chi connectivity index (χ3v) is 5.21. The molecule has 6 nitrogen and oxygen atoms in total. The Balaban J connectivity index is 1.92. The molecule has 1 aromatic heterocycles. The van der Waals surface area contributed by atoms with Gasteiger partial charge in [-0.25, -0.2) is 4.39 Å². The van der Waals surface area contributed by atoms with E-state index in [0.717, 1.165) is 0 Å². The molecule has 4 rings (SSSR count). The van der Waals surface area contributed by atoms with Crippen LogP contribution >= 0.6 is 0 Å². The molecule has 1 aliphatic rings. The molecular weight excluding hydrogens is 375 g/mol. The monoisotopic (exact) mass is 397 g/mol. The average molecular weight is 397 g/mol. The zero-order chi connectivity index (χ0) is 20.7. The lowest BCUT2D eigenvalue weighted by Gasteiger charge is -2.25. The van der Waals surface area contributed by atoms with Gasteiger partial charge >= 0.3 is 0 Å². The summed E-state index contributed by atoms with van der Waals surface area (Å²) >= 11 is 0. The number of carbonyl (C=O) groups excluding carboxylic acids is 1. The molecule has 7 heteroatoms. The molecule has 3 aromatic rings. The first kappa shape index (κ1) is 19.1. The minimum atomic E-state index is -0.611. The van der Waals surface area contributed by atoms with Crippen LogP contribution in [0.3, 0.4) is 0 Å². The molecule has 0 saturated heterocycles.